The van der Waals surface area contributed by atoms with Crippen LogP contribution in [0.1, 0.15) is 12.5 Å². The van der Waals surface area contributed by atoms with Crippen molar-refractivity contribution in [3.63, 3.8) is 0 Å². The fourth-order valence-corrected chi connectivity index (χ4v) is 2.58. The van der Waals surface area contributed by atoms with E-state index in [1.165, 1.54) is 11.6 Å². The molecule has 0 saturated carbocycles. The molecule has 4 nitrogen and oxygen atoms in total. The van der Waals surface area contributed by atoms with E-state index in [1.807, 2.05) is 17.1 Å². The summed E-state index contributed by atoms with van der Waals surface area (Å²) in [5.74, 6) is 0. The summed E-state index contributed by atoms with van der Waals surface area (Å²) >= 11 is 0. The Kier molecular flexibility index (Phi) is 4.37. The van der Waals surface area contributed by atoms with Crippen LogP contribution in [0.4, 0.5) is 0 Å². The van der Waals surface area contributed by atoms with Gasteiger partial charge in [-0.2, -0.15) is 0 Å². The van der Waals surface area contributed by atoms with Gasteiger partial charge in [0, 0.05) is 20.9 Å². The largest absolute Gasteiger partial charge is 0.361 e. The summed E-state index contributed by atoms with van der Waals surface area (Å²) in [7, 11) is -1.01. The predicted octanol–water partition coefficient (Wildman–Crippen LogP) is 3.31. The molecule has 0 aliphatic rings. The van der Waals surface area contributed by atoms with E-state index in [2.05, 4.69) is 42.6 Å². The summed E-state index contributed by atoms with van der Waals surface area (Å²) in [5, 5.41) is 0. The summed E-state index contributed by atoms with van der Waals surface area (Å²) in [6.45, 7) is 10.6. The molecule has 104 valence electrons. The third kappa shape index (κ3) is 3.88. The monoisotopic (exact) mass is 277 g/mol. The molecule has 2 rings (SSSR count). The van der Waals surface area contributed by atoms with Crippen molar-refractivity contribution in [1.82, 2.24) is 14.5 Å². The molecule has 0 aromatic carbocycles. The third-order valence-electron chi connectivity index (χ3n) is 3.17. The highest BCUT2D eigenvalue weighted by Crippen LogP contribution is 2.13. The Morgan fingerprint density at radius 1 is 1.26 bits per heavy atom. The summed E-state index contributed by atoms with van der Waals surface area (Å²) in [5.41, 5.74) is 3.09. The fourth-order valence-electron chi connectivity index (χ4n) is 1.82. The Bertz CT molecular complexity index is 545. The highest BCUT2D eigenvalue weighted by Gasteiger charge is 2.12. The maximum atomic E-state index is 5.77. The van der Waals surface area contributed by atoms with E-state index < -0.39 is 8.07 Å². The van der Waals surface area contributed by atoms with Gasteiger partial charge in [-0.3, -0.25) is 0 Å². The first-order chi connectivity index (χ1) is 8.99. The van der Waals surface area contributed by atoms with Crippen molar-refractivity contribution in [2.24, 2.45) is 0 Å². The van der Waals surface area contributed by atoms with Crippen LogP contribution in [0.2, 0.25) is 25.7 Å². The zero-order chi connectivity index (χ0) is 13.9. The third-order valence-corrected chi connectivity index (χ3v) is 4.87. The lowest BCUT2D eigenvalue weighted by Crippen LogP contribution is -2.21. The normalized spacial score (nSPS) is 12.2. The van der Waals surface area contributed by atoms with Gasteiger partial charge in [-0.15, -0.1) is 0 Å². The molecule has 0 unspecified atom stereocenters. The van der Waals surface area contributed by atoms with Gasteiger partial charge in [-0.1, -0.05) is 26.6 Å². The minimum absolute atomic E-state index is 0.565. The van der Waals surface area contributed by atoms with Crippen LogP contribution >= 0.6 is 0 Å². The lowest BCUT2D eigenvalue weighted by Gasteiger charge is -2.15. The number of imidazole rings is 1. The molecule has 0 aliphatic carbocycles. The lowest BCUT2D eigenvalue weighted by atomic mass is 10.2. The summed E-state index contributed by atoms with van der Waals surface area (Å²) in [6, 6.07) is 3.34. The van der Waals surface area contributed by atoms with Crippen LogP contribution < -0.4 is 0 Å². The number of ether oxygens (including phenoxy) is 1. The van der Waals surface area contributed by atoms with Crippen LogP contribution in [-0.2, 0) is 17.9 Å². The predicted molar refractivity (Wildman–Crippen MR) is 81.0 cm³/mol. The second-order valence-electron chi connectivity index (χ2n) is 6.10. The Labute approximate surface area is 115 Å². The highest BCUT2D eigenvalue weighted by molar-refractivity contribution is 6.76. The summed E-state index contributed by atoms with van der Waals surface area (Å²) in [6.07, 6.45) is 4.70. The first-order valence-corrected chi connectivity index (χ1v) is 10.6. The average molecular weight is 277 g/mol. The van der Waals surface area contributed by atoms with Crippen molar-refractivity contribution in [2.45, 2.75) is 45.8 Å². The molecule has 0 saturated heterocycles. The van der Waals surface area contributed by atoms with Gasteiger partial charge in [-0.05, 0) is 24.1 Å². The molecule has 0 atom stereocenters. The Morgan fingerprint density at radius 3 is 2.74 bits per heavy atom. The molecule has 2 heterocycles. The van der Waals surface area contributed by atoms with Crippen LogP contribution in [0.5, 0.6) is 0 Å². The minimum Gasteiger partial charge on any atom is -0.361 e. The molecule has 0 aliphatic heterocycles. The molecule has 0 N–H and O–H groups in total. The maximum absolute atomic E-state index is 5.77. The zero-order valence-electron chi connectivity index (χ0n) is 12.3. The van der Waals surface area contributed by atoms with E-state index in [0.29, 0.717) is 6.73 Å². The number of fused-ring (bicyclic) bond motifs is 1. The summed E-state index contributed by atoms with van der Waals surface area (Å²) in [4.78, 5) is 8.66. The first-order valence-electron chi connectivity index (χ1n) is 6.87. The maximum Gasteiger partial charge on any atom is 0.177 e. The standard InChI is InChI=1S/C14H23N3OSi/c1-5-12-8-13-14(15-9-12)16-10-17(13)11-18-6-7-19(2,3)4/h8-10H,5-7,11H2,1-4H3. The number of aromatic nitrogens is 3. The van der Waals surface area contributed by atoms with Crippen molar-refractivity contribution in [3.05, 3.63) is 24.2 Å². The van der Waals surface area contributed by atoms with Crippen molar-refractivity contribution < 1.29 is 4.74 Å². The fraction of sp³-hybridized carbons (Fsp3) is 0.571. The Morgan fingerprint density at radius 2 is 2.05 bits per heavy atom. The molecule has 0 amide bonds. The molecular weight excluding hydrogens is 254 g/mol. The molecule has 19 heavy (non-hydrogen) atoms. The number of aryl methyl sites for hydroxylation is 1. The molecular formula is C14H23N3OSi. The number of hydrogen-bond donors (Lipinski definition) is 0. The van der Waals surface area contributed by atoms with Crippen LogP contribution in [0.3, 0.4) is 0 Å². The minimum atomic E-state index is -1.01. The first kappa shape index (κ1) is 14.2. The van der Waals surface area contributed by atoms with Gasteiger partial charge in [0.15, 0.2) is 5.65 Å². The van der Waals surface area contributed by atoms with Crippen LogP contribution in [0.15, 0.2) is 18.6 Å². The molecule has 0 spiro atoms. The number of rotatable bonds is 6. The van der Waals surface area contributed by atoms with Crippen molar-refractivity contribution >= 4 is 19.2 Å². The second kappa shape index (κ2) is 5.84. The van der Waals surface area contributed by atoms with E-state index in [0.717, 1.165) is 24.2 Å². The topological polar surface area (TPSA) is 39.9 Å². The van der Waals surface area contributed by atoms with Gasteiger partial charge in [-0.25, -0.2) is 9.97 Å². The Hall–Kier alpha value is -1.20. The summed E-state index contributed by atoms with van der Waals surface area (Å²) < 4.78 is 7.80. The molecule has 0 radical (unpaired) electrons. The van der Waals surface area contributed by atoms with Crippen LogP contribution in [-0.4, -0.2) is 29.2 Å². The number of nitrogens with zero attached hydrogens (tertiary/aromatic N) is 3. The van der Waals surface area contributed by atoms with Gasteiger partial charge in [0.05, 0.1) is 11.8 Å². The lowest BCUT2D eigenvalue weighted by molar-refractivity contribution is 0.0898. The second-order valence-corrected chi connectivity index (χ2v) is 11.7. The molecule has 5 heteroatoms. The molecule has 2 aromatic rings. The van der Waals surface area contributed by atoms with Gasteiger partial charge in [0.1, 0.15) is 6.73 Å². The SMILES string of the molecule is CCc1cnc2ncn(COCC[Si](C)(C)C)c2c1. The van der Waals surface area contributed by atoms with E-state index in [4.69, 9.17) is 4.74 Å². The van der Waals surface area contributed by atoms with Crippen molar-refractivity contribution in [3.8, 4) is 0 Å². The Balaban J connectivity index is 2.00. The average Bonchev–Trinajstić information content (AvgIpc) is 2.76. The molecule has 2 aromatic heterocycles. The van der Waals surface area contributed by atoms with E-state index in [-0.39, 0.29) is 0 Å². The molecule has 0 bridgehead atoms. The molecule has 0 fully saturated rings. The van der Waals surface area contributed by atoms with Crippen LogP contribution in [0, 0.1) is 0 Å². The highest BCUT2D eigenvalue weighted by atomic mass is 28.3. The van der Waals surface area contributed by atoms with Gasteiger partial charge in [0.25, 0.3) is 0 Å². The van der Waals surface area contributed by atoms with Crippen LogP contribution in [0.25, 0.3) is 11.2 Å². The van der Waals surface area contributed by atoms with Gasteiger partial charge < -0.3 is 9.30 Å². The van der Waals surface area contributed by atoms with Crippen molar-refractivity contribution in [1.29, 1.82) is 0 Å². The van der Waals surface area contributed by atoms with Gasteiger partial charge in [0.2, 0.25) is 0 Å². The number of pyridine rings is 1. The number of hydrogen-bond acceptors (Lipinski definition) is 3. The zero-order valence-corrected chi connectivity index (χ0v) is 13.3. The quantitative estimate of drug-likeness (QED) is 0.601. The smallest absolute Gasteiger partial charge is 0.177 e. The van der Waals surface area contributed by atoms with Gasteiger partial charge >= 0.3 is 0 Å². The van der Waals surface area contributed by atoms with Crippen molar-refractivity contribution in [2.75, 3.05) is 6.61 Å². The van der Waals surface area contributed by atoms with E-state index in [1.54, 1.807) is 0 Å². The van der Waals surface area contributed by atoms with E-state index >= 15 is 0 Å². The van der Waals surface area contributed by atoms with E-state index in [9.17, 15) is 0 Å².